The van der Waals surface area contributed by atoms with Gasteiger partial charge in [-0.05, 0) is 62.6 Å². The van der Waals surface area contributed by atoms with Crippen molar-refractivity contribution in [1.29, 1.82) is 0 Å². The summed E-state index contributed by atoms with van der Waals surface area (Å²) in [6.45, 7) is 0. The van der Waals surface area contributed by atoms with Crippen LogP contribution in [0.5, 0.6) is 0 Å². The van der Waals surface area contributed by atoms with E-state index in [1.54, 1.807) is 0 Å². The second-order valence-electron chi connectivity index (χ2n) is 11.0. The van der Waals surface area contributed by atoms with Gasteiger partial charge in [0, 0.05) is 26.9 Å². The minimum atomic E-state index is 0.555. The number of hydrogen-bond donors (Lipinski definition) is 0. The lowest BCUT2D eigenvalue weighted by Gasteiger charge is -2.10. The van der Waals surface area contributed by atoms with E-state index in [4.69, 9.17) is 31.0 Å². The van der Waals surface area contributed by atoms with E-state index in [1.807, 2.05) is 66.7 Å². The number of rotatable bonds is 3. The van der Waals surface area contributed by atoms with Gasteiger partial charge >= 0.3 is 0 Å². The number of aromatic nitrogens is 3. The van der Waals surface area contributed by atoms with Crippen LogP contribution >= 0.6 is 11.6 Å². The molecule has 0 bridgehead atoms. The van der Waals surface area contributed by atoms with E-state index >= 15 is 0 Å². The molecule has 0 radical (unpaired) electrons. The molecule has 206 valence electrons. The van der Waals surface area contributed by atoms with Crippen molar-refractivity contribution in [1.82, 2.24) is 15.0 Å². The first kappa shape index (κ1) is 25.0. The largest absolute Gasteiger partial charge is 0.455 e. The van der Waals surface area contributed by atoms with Gasteiger partial charge in [-0.3, -0.25) is 0 Å². The molecule has 9 aromatic rings. The van der Waals surface area contributed by atoms with Gasteiger partial charge in [-0.1, -0.05) is 115 Å². The summed E-state index contributed by atoms with van der Waals surface area (Å²) in [6, 6.07) is 45.4. The zero-order valence-corrected chi connectivity index (χ0v) is 24.1. The lowest BCUT2D eigenvalue weighted by atomic mass is 10.00. The van der Waals surface area contributed by atoms with Crippen LogP contribution in [0.15, 0.2) is 138 Å². The van der Waals surface area contributed by atoms with Crippen molar-refractivity contribution in [3.8, 4) is 34.2 Å². The third kappa shape index (κ3) is 3.96. The zero-order valence-electron chi connectivity index (χ0n) is 23.3. The maximum Gasteiger partial charge on any atom is 0.167 e. The van der Waals surface area contributed by atoms with Crippen molar-refractivity contribution in [2.24, 2.45) is 0 Å². The smallest absolute Gasteiger partial charge is 0.167 e. The van der Waals surface area contributed by atoms with Crippen LogP contribution in [0.3, 0.4) is 0 Å². The van der Waals surface area contributed by atoms with Gasteiger partial charge in [0.05, 0.1) is 5.56 Å². The Kier molecular flexibility index (Phi) is 5.52. The Balaban J connectivity index is 1.31. The molecule has 44 heavy (non-hydrogen) atoms. The first-order valence-electron chi connectivity index (χ1n) is 14.5. The third-order valence-corrected chi connectivity index (χ3v) is 8.59. The molecule has 0 aliphatic heterocycles. The first-order chi connectivity index (χ1) is 21.7. The molecule has 0 saturated carbocycles. The van der Waals surface area contributed by atoms with Crippen LogP contribution in [0.25, 0.3) is 88.4 Å². The Morgan fingerprint density at radius 3 is 2.00 bits per heavy atom. The molecule has 5 heteroatoms. The van der Waals surface area contributed by atoms with Crippen molar-refractivity contribution in [2.75, 3.05) is 0 Å². The standard InChI is InChI=1S/C39H22ClN3O/c40-28-19-17-25-18-20-34-35(33(25)22-28)30-11-6-12-31(36(30)44-34)39-42-37(26-8-2-1-3-9-26)41-38(43-39)27-16-15-24-14-13-23-7-4-5-10-29(23)32(24)21-27/h1-22H. The third-order valence-electron chi connectivity index (χ3n) is 8.35. The van der Waals surface area contributed by atoms with Gasteiger partial charge in [0.2, 0.25) is 0 Å². The molecule has 0 spiro atoms. The molecule has 0 aliphatic rings. The topological polar surface area (TPSA) is 51.8 Å². The van der Waals surface area contributed by atoms with Crippen LogP contribution in [-0.4, -0.2) is 15.0 Å². The molecule has 0 unspecified atom stereocenters. The first-order valence-corrected chi connectivity index (χ1v) is 14.8. The molecule has 4 nitrogen and oxygen atoms in total. The van der Waals surface area contributed by atoms with Crippen molar-refractivity contribution in [2.45, 2.75) is 0 Å². The van der Waals surface area contributed by atoms with E-state index in [2.05, 4.69) is 66.7 Å². The number of hydrogen-bond acceptors (Lipinski definition) is 4. The summed E-state index contributed by atoms with van der Waals surface area (Å²) in [4.78, 5) is 15.1. The number of fused-ring (bicyclic) bond motifs is 8. The van der Waals surface area contributed by atoms with Crippen LogP contribution in [0.4, 0.5) is 0 Å². The van der Waals surface area contributed by atoms with Crippen LogP contribution in [0.2, 0.25) is 5.02 Å². The fourth-order valence-electron chi connectivity index (χ4n) is 6.25. The van der Waals surface area contributed by atoms with E-state index in [9.17, 15) is 0 Å². The van der Waals surface area contributed by atoms with Crippen LogP contribution in [0.1, 0.15) is 0 Å². The Hall–Kier alpha value is -5.58. The van der Waals surface area contributed by atoms with Crippen molar-refractivity contribution < 1.29 is 4.42 Å². The predicted molar refractivity (Wildman–Crippen MR) is 181 cm³/mol. The highest BCUT2D eigenvalue weighted by molar-refractivity contribution is 6.32. The minimum Gasteiger partial charge on any atom is -0.455 e. The van der Waals surface area contributed by atoms with Gasteiger partial charge in [0.25, 0.3) is 0 Å². The van der Waals surface area contributed by atoms with Gasteiger partial charge < -0.3 is 4.42 Å². The summed E-state index contributed by atoms with van der Waals surface area (Å²) in [6.07, 6.45) is 0. The zero-order chi connectivity index (χ0) is 29.2. The highest BCUT2D eigenvalue weighted by Gasteiger charge is 2.19. The second kappa shape index (κ2) is 9.73. The molecule has 0 N–H and O–H groups in total. The fourth-order valence-corrected chi connectivity index (χ4v) is 6.42. The molecule has 0 aliphatic carbocycles. The SMILES string of the molecule is Clc1ccc2ccc3oc4c(-c5nc(-c6ccccc6)nc(-c6ccc7ccc8ccccc8c7c6)n5)cccc4c3c2c1. The van der Waals surface area contributed by atoms with Crippen LogP contribution < -0.4 is 0 Å². The van der Waals surface area contributed by atoms with E-state index in [0.717, 1.165) is 54.8 Å². The quantitative estimate of drug-likeness (QED) is 0.194. The van der Waals surface area contributed by atoms with Gasteiger partial charge in [-0.25, -0.2) is 15.0 Å². The fraction of sp³-hybridized carbons (Fsp3) is 0. The maximum atomic E-state index is 6.54. The van der Waals surface area contributed by atoms with Crippen LogP contribution in [-0.2, 0) is 0 Å². The maximum absolute atomic E-state index is 6.54. The van der Waals surface area contributed by atoms with Gasteiger partial charge in [0.15, 0.2) is 17.5 Å². The number of furan rings is 1. The number of nitrogens with zero attached hydrogens (tertiary/aromatic N) is 3. The normalized spacial score (nSPS) is 11.8. The number of para-hydroxylation sites is 1. The summed E-state index contributed by atoms with van der Waals surface area (Å²) in [5.41, 5.74) is 4.17. The van der Waals surface area contributed by atoms with Gasteiger partial charge in [0.1, 0.15) is 11.2 Å². The second-order valence-corrected chi connectivity index (χ2v) is 11.4. The molecular formula is C39H22ClN3O. The van der Waals surface area contributed by atoms with Crippen molar-refractivity contribution >= 4 is 65.9 Å². The highest BCUT2D eigenvalue weighted by atomic mass is 35.5. The molecule has 2 aromatic heterocycles. The number of halogens is 1. The molecule has 0 saturated heterocycles. The van der Waals surface area contributed by atoms with Crippen molar-refractivity contribution in [3.05, 3.63) is 138 Å². The monoisotopic (exact) mass is 583 g/mol. The summed E-state index contributed by atoms with van der Waals surface area (Å²) in [5, 5.41) is 9.59. The van der Waals surface area contributed by atoms with E-state index in [-0.39, 0.29) is 0 Å². The Morgan fingerprint density at radius 2 is 1.11 bits per heavy atom. The average Bonchev–Trinajstić information content (AvgIpc) is 3.48. The summed E-state index contributed by atoms with van der Waals surface area (Å²) < 4.78 is 6.54. The number of benzene rings is 7. The molecule has 9 rings (SSSR count). The highest BCUT2D eigenvalue weighted by Crippen LogP contribution is 2.40. The van der Waals surface area contributed by atoms with Gasteiger partial charge in [-0.2, -0.15) is 0 Å². The molecule has 2 heterocycles. The molecule has 0 atom stereocenters. The Labute approximate surface area is 257 Å². The van der Waals surface area contributed by atoms with E-state index < -0.39 is 0 Å². The molecule has 0 fully saturated rings. The predicted octanol–water partition coefficient (Wildman–Crippen LogP) is 10.9. The summed E-state index contributed by atoms with van der Waals surface area (Å²) >= 11 is 6.43. The van der Waals surface area contributed by atoms with Crippen molar-refractivity contribution in [3.63, 3.8) is 0 Å². The molecule has 0 amide bonds. The summed E-state index contributed by atoms with van der Waals surface area (Å²) in [7, 11) is 0. The average molecular weight is 584 g/mol. The van der Waals surface area contributed by atoms with Crippen LogP contribution in [0, 0.1) is 0 Å². The van der Waals surface area contributed by atoms with E-state index in [1.165, 1.54) is 16.2 Å². The lowest BCUT2D eigenvalue weighted by Crippen LogP contribution is -2.00. The Bertz CT molecular complexity index is 2570. The minimum absolute atomic E-state index is 0.555. The summed E-state index contributed by atoms with van der Waals surface area (Å²) in [5.74, 6) is 1.77. The van der Waals surface area contributed by atoms with Gasteiger partial charge in [-0.15, -0.1) is 0 Å². The van der Waals surface area contributed by atoms with E-state index in [0.29, 0.717) is 22.5 Å². The Morgan fingerprint density at radius 1 is 0.455 bits per heavy atom. The molecular weight excluding hydrogens is 562 g/mol. The lowest BCUT2D eigenvalue weighted by molar-refractivity contribution is 0.670. The molecule has 7 aromatic carbocycles.